The standard InChI is InChI=1S/H7NSi2.Na/c2-1-3;/h1H,2-3H3;. The first kappa shape index (κ1) is 9.04. The van der Waals surface area contributed by atoms with E-state index >= 15 is 0 Å². The van der Waals surface area contributed by atoms with Crippen molar-refractivity contribution in [2.45, 2.75) is 0 Å². The molecule has 0 saturated heterocycles. The van der Waals surface area contributed by atoms with Crippen LogP contribution in [0.1, 0.15) is 0 Å². The Balaban J connectivity index is 0. The van der Waals surface area contributed by atoms with Crippen molar-refractivity contribution in [3.05, 3.63) is 0 Å². The van der Waals surface area contributed by atoms with Crippen LogP contribution in [-0.4, -0.2) is 50.4 Å². The van der Waals surface area contributed by atoms with Crippen molar-refractivity contribution in [1.29, 1.82) is 0 Å². The molecular weight excluding hydrogens is 93.2 g/mol. The van der Waals surface area contributed by atoms with Crippen LogP contribution < -0.4 is 4.65 Å². The molecule has 0 atom stereocenters. The van der Waals surface area contributed by atoms with Gasteiger partial charge in [0.25, 0.3) is 0 Å². The zero-order valence-corrected chi connectivity index (χ0v) is 9.50. The SMILES string of the molecule is [Na].[SiH3]N[SiH3]. The van der Waals surface area contributed by atoms with Gasteiger partial charge in [0.2, 0.25) is 0 Å². The fraction of sp³-hybridized carbons (Fsp3) is 0. The summed E-state index contributed by atoms with van der Waals surface area (Å²) in [6.07, 6.45) is 0. The predicted octanol–water partition coefficient (Wildman–Crippen LogP) is -3.24. The third kappa shape index (κ3) is 10.0. The number of rotatable bonds is 0. The number of hydrogen-bond acceptors (Lipinski definition) is 1. The van der Waals surface area contributed by atoms with Gasteiger partial charge < -0.3 is 4.65 Å². The number of nitrogens with one attached hydrogen (secondary N) is 1. The van der Waals surface area contributed by atoms with E-state index in [4.69, 9.17) is 0 Å². The van der Waals surface area contributed by atoms with Crippen LogP contribution in [0.5, 0.6) is 0 Å². The van der Waals surface area contributed by atoms with Crippen LogP contribution in [0, 0.1) is 0 Å². The molecule has 1 N–H and O–H groups in total. The fourth-order valence-corrected chi connectivity index (χ4v) is 0. The van der Waals surface area contributed by atoms with Crippen molar-refractivity contribution in [3.8, 4) is 0 Å². The summed E-state index contributed by atoms with van der Waals surface area (Å²) in [6, 6.07) is 0. The van der Waals surface area contributed by atoms with Crippen molar-refractivity contribution in [2.75, 3.05) is 0 Å². The molecule has 1 radical (unpaired) electrons. The Bertz CT molecular complexity index is 6.00. The van der Waals surface area contributed by atoms with E-state index in [2.05, 4.69) is 4.65 Å². The molecule has 0 heterocycles. The Morgan fingerprint density at radius 3 is 1.25 bits per heavy atom. The van der Waals surface area contributed by atoms with E-state index in [1.165, 1.54) is 20.8 Å². The average Bonchev–Trinajstić information content (AvgIpc) is 0.918. The molecule has 0 fully saturated rings. The van der Waals surface area contributed by atoms with Crippen LogP contribution in [-0.2, 0) is 0 Å². The largest absolute Gasteiger partial charge is 0.374 e. The minimum atomic E-state index is 0. The average molecular weight is 100 g/mol. The molecule has 21 valence electrons. The monoisotopic (exact) mass is 100 g/mol. The maximum Gasteiger partial charge on any atom is 0.0670 e. The first-order valence-corrected chi connectivity index (χ1v) is 3.00. The van der Waals surface area contributed by atoms with Gasteiger partial charge in [-0.25, -0.2) is 0 Å². The fourth-order valence-electron chi connectivity index (χ4n) is 0. The Morgan fingerprint density at radius 1 is 1.25 bits per heavy atom. The molecule has 0 unspecified atom stereocenters. The smallest absolute Gasteiger partial charge is 0.0670 e. The van der Waals surface area contributed by atoms with Gasteiger partial charge in [-0.1, -0.05) is 0 Å². The second-order valence-corrected chi connectivity index (χ2v) is 4.50. The maximum atomic E-state index is 3.03. The van der Waals surface area contributed by atoms with E-state index < -0.39 is 0 Å². The predicted molar refractivity (Wildman–Crippen MR) is 28.8 cm³/mol. The molecule has 0 rings (SSSR count). The van der Waals surface area contributed by atoms with Crippen molar-refractivity contribution in [1.82, 2.24) is 4.65 Å². The van der Waals surface area contributed by atoms with E-state index in [-0.39, 0.29) is 29.6 Å². The third-order valence-electron chi connectivity index (χ3n) is 0. The van der Waals surface area contributed by atoms with Crippen LogP contribution in [0.25, 0.3) is 0 Å². The molecule has 0 aliphatic heterocycles. The molecule has 0 spiro atoms. The molecule has 0 aromatic heterocycles. The van der Waals surface area contributed by atoms with Crippen molar-refractivity contribution in [3.63, 3.8) is 0 Å². The van der Waals surface area contributed by atoms with E-state index in [1.807, 2.05) is 0 Å². The molecule has 0 aliphatic rings. The molecule has 0 aromatic rings. The molecule has 1 nitrogen and oxygen atoms in total. The van der Waals surface area contributed by atoms with Crippen molar-refractivity contribution >= 4 is 50.4 Å². The van der Waals surface area contributed by atoms with E-state index in [0.717, 1.165) is 0 Å². The quantitative estimate of drug-likeness (QED) is 0.315. The normalized spacial score (nSPS) is 6.00. The molecule has 4 heavy (non-hydrogen) atoms. The van der Waals surface area contributed by atoms with Crippen LogP contribution in [0.4, 0.5) is 0 Å². The summed E-state index contributed by atoms with van der Waals surface area (Å²) in [5.74, 6) is 0. The summed E-state index contributed by atoms with van der Waals surface area (Å²) in [7, 11) is 2.36. The van der Waals surface area contributed by atoms with Gasteiger partial charge >= 0.3 is 0 Å². The molecule has 0 saturated carbocycles. The first-order valence-electron chi connectivity index (χ1n) is 1.00. The van der Waals surface area contributed by atoms with Crippen LogP contribution in [0.15, 0.2) is 0 Å². The minimum Gasteiger partial charge on any atom is -0.374 e. The summed E-state index contributed by atoms with van der Waals surface area (Å²) in [5.41, 5.74) is 0. The molecule has 0 bridgehead atoms. The first-order chi connectivity index (χ1) is 1.41. The summed E-state index contributed by atoms with van der Waals surface area (Å²) >= 11 is 0. The number of hydrogen-bond donors (Lipinski definition) is 1. The van der Waals surface area contributed by atoms with E-state index in [1.54, 1.807) is 0 Å². The molecule has 0 aliphatic carbocycles. The van der Waals surface area contributed by atoms with Crippen molar-refractivity contribution < 1.29 is 0 Å². The van der Waals surface area contributed by atoms with Gasteiger partial charge in [0, 0.05) is 29.6 Å². The minimum absolute atomic E-state index is 0. The van der Waals surface area contributed by atoms with E-state index in [0.29, 0.717) is 0 Å². The van der Waals surface area contributed by atoms with Gasteiger partial charge in [-0.3, -0.25) is 0 Å². The Labute approximate surface area is 54.8 Å². The van der Waals surface area contributed by atoms with Crippen LogP contribution >= 0.6 is 0 Å². The Hall–Kier alpha value is 1.39. The molecule has 0 aromatic carbocycles. The molecule has 0 amide bonds. The topological polar surface area (TPSA) is 12.0 Å². The van der Waals surface area contributed by atoms with Gasteiger partial charge in [0.15, 0.2) is 0 Å². The van der Waals surface area contributed by atoms with Crippen LogP contribution in [0.2, 0.25) is 0 Å². The summed E-state index contributed by atoms with van der Waals surface area (Å²) in [6.45, 7) is 0. The second kappa shape index (κ2) is 8.83. The molecular formula is H7NNaSi2. The zero-order valence-electron chi connectivity index (χ0n) is 3.50. The van der Waals surface area contributed by atoms with Crippen molar-refractivity contribution in [2.24, 2.45) is 0 Å². The summed E-state index contributed by atoms with van der Waals surface area (Å²) < 4.78 is 3.03. The maximum absolute atomic E-state index is 3.03. The van der Waals surface area contributed by atoms with Gasteiger partial charge in [-0.05, 0) is 0 Å². The summed E-state index contributed by atoms with van der Waals surface area (Å²) in [4.78, 5) is 0. The zero-order chi connectivity index (χ0) is 2.71. The van der Waals surface area contributed by atoms with Gasteiger partial charge in [-0.2, -0.15) is 0 Å². The van der Waals surface area contributed by atoms with Gasteiger partial charge in [0.1, 0.15) is 0 Å². The summed E-state index contributed by atoms with van der Waals surface area (Å²) in [5, 5.41) is 0. The van der Waals surface area contributed by atoms with E-state index in [9.17, 15) is 0 Å². The van der Waals surface area contributed by atoms with Gasteiger partial charge in [0.05, 0.1) is 20.8 Å². The third-order valence-corrected chi connectivity index (χ3v) is 0. The Kier molecular flexibility index (Phi) is 20.0. The molecule has 4 heteroatoms. The van der Waals surface area contributed by atoms with Gasteiger partial charge in [-0.15, -0.1) is 0 Å². The Morgan fingerprint density at radius 2 is 1.25 bits per heavy atom. The second-order valence-electron chi connectivity index (χ2n) is 0.500. The van der Waals surface area contributed by atoms with Crippen LogP contribution in [0.3, 0.4) is 0 Å².